The standard InChI is InChI=1S/C24H34N16O6.C24H29N15O6.C24H34N14O6/c1-29-21-34-15-11(17(41)36-21)13(25)32-23(45)39(15)8-6-38(10(19(43)44)4-3-5-31-20(27)28)7-9-40-16-12(14(26)33-24(40)46)18(42)37-22(30-2)35-16;1-27-21-33-16-12(18(40)35-21)14(25)31-23(44)38(16)5-3-37(11(20(42)43)7-10-8-29-9-30-10)4-6-39-17-13(15(26)32-24(39)45)19(41)36-22(28-2)34-17;1-28-21-32-16-12(18(39)34-21)14(26)30-23(43)37(16)9-7-36(11(20(41)42)5-3-4-6-25)8-10-38-17-13(15(27)31-24(38)44)19(40)35-22(29-2)33-17/h10H,3-9H2,1-2H3,(H,43,44)(H2,25,32,45)(H2,26,33,46)(H4,27,28,31)(H2,29,34,36,41)(H2,30,35,37,42);8-9,11H,3-7H2,1-2H3,(H,29,30)(H,42,43)(H2,25,31,44)(H2,26,32,45)(H2,27,33,35,40)(H2,28,34,36,41);11H,3-10,25H2,1-2H3,(H,41,42)(H2,26,30,43)(H2,27,31,44)(H2,28,32,34,39)(H2,29,33,35,40)/t;2*11-/m.00/s1. The van der Waals surface area contributed by atoms with Crippen LogP contribution in [-0.4, -0.2) is 294 Å². The molecule has 13 aromatic heterocycles. The quantitative estimate of drug-likeness (QED) is 0.00963. The van der Waals surface area contributed by atoms with Gasteiger partial charge in [-0.3, -0.25) is 120 Å². The second-order valence-corrected chi connectivity index (χ2v) is 29.5. The lowest BCUT2D eigenvalue weighted by Gasteiger charge is -2.29. The molecule has 63 nitrogen and oxygen atoms in total. The van der Waals surface area contributed by atoms with E-state index in [0.717, 1.165) is 27.4 Å². The monoisotopic (exact) mass is 1880 g/mol. The van der Waals surface area contributed by atoms with Crippen molar-refractivity contribution in [3.05, 3.63) is 143 Å². The first-order chi connectivity index (χ1) is 64.4. The van der Waals surface area contributed by atoms with Crippen LogP contribution in [0.3, 0.4) is 0 Å². The minimum absolute atomic E-state index is 0.0236. The van der Waals surface area contributed by atoms with Gasteiger partial charge in [0.15, 0.2) is 39.8 Å². The van der Waals surface area contributed by atoms with Crippen LogP contribution >= 0.6 is 0 Å². The number of unbranched alkanes of at least 4 members (excludes halogenated alkanes) is 1. The fourth-order valence-electron chi connectivity index (χ4n) is 14.6. The lowest BCUT2D eigenvalue weighted by molar-refractivity contribution is -0.144. The normalized spacial score (nSPS) is 12.1. The van der Waals surface area contributed by atoms with Crippen LogP contribution in [0.5, 0.6) is 0 Å². The van der Waals surface area contributed by atoms with Crippen molar-refractivity contribution in [1.82, 2.24) is 142 Å². The summed E-state index contributed by atoms with van der Waals surface area (Å²) in [7, 11) is 9.11. The maximum Gasteiger partial charge on any atom is 0.351 e. The Balaban J connectivity index is 0.000000195. The Bertz CT molecular complexity index is 7120. The number of rotatable bonds is 40. The number of nitrogen functional groups attached to an aromatic ring is 6. The molecule has 0 aromatic carbocycles. The summed E-state index contributed by atoms with van der Waals surface area (Å²) in [5.41, 5.74) is 43.1. The van der Waals surface area contributed by atoms with Crippen LogP contribution in [0, 0.1) is 0 Å². The Morgan fingerprint density at radius 3 is 0.793 bits per heavy atom. The second kappa shape index (κ2) is 42.8. The number of nitrogens with one attached hydrogen (secondary N) is 13. The molecular weight excluding hydrogens is 1780 g/mol. The van der Waals surface area contributed by atoms with Gasteiger partial charge in [0.2, 0.25) is 35.7 Å². The maximum atomic E-state index is 13.0. The fraction of sp³-hybridized carbons (Fsp3) is 0.403. The largest absolute Gasteiger partial charge is 0.480 e. The minimum Gasteiger partial charge on any atom is -0.480 e. The summed E-state index contributed by atoms with van der Waals surface area (Å²) in [5.74, 6) is -5.17. The van der Waals surface area contributed by atoms with E-state index in [2.05, 4.69) is 137 Å². The molecule has 0 fully saturated rings. The molecule has 0 saturated carbocycles. The van der Waals surface area contributed by atoms with Crippen molar-refractivity contribution in [1.29, 1.82) is 0 Å². The molecule has 1 unspecified atom stereocenters. The van der Waals surface area contributed by atoms with Gasteiger partial charge in [0, 0.05) is 146 Å². The van der Waals surface area contributed by atoms with Gasteiger partial charge in [-0.05, 0) is 32.2 Å². The van der Waals surface area contributed by atoms with Gasteiger partial charge >= 0.3 is 52.0 Å². The van der Waals surface area contributed by atoms with E-state index in [-0.39, 0.29) is 254 Å². The van der Waals surface area contributed by atoms with Gasteiger partial charge in [0.25, 0.3) is 33.4 Å². The third kappa shape index (κ3) is 22.0. The first-order valence-corrected chi connectivity index (χ1v) is 40.9. The van der Waals surface area contributed by atoms with E-state index >= 15 is 0 Å². The van der Waals surface area contributed by atoms with Crippen molar-refractivity contribution < 1.29 is 29.7 Å². The summed E-state index contributed by atoms with van der Waals surface area (Å²) in [4.78, 5) is 270. The summed E-state index contributed by atoms with van der Waals surface area (Å²) < 4.78 is 6.66. The lowest BCUT2D eigenvalue weighted by atomic mass is 10.1. The van der Waals surface area contributed by atoms with Crippen LogP contribution in [0.1, 0.15) is 37.8 Å². The van der Waals surface area contributed by atoms with Crippen LogP contribution in [0.25, 0.3) is 66.2 Å². The van der Waals surface area contributed by atoms with Crippen molar-refractivity contribution in [3.8, 4) is 0 Å². The molecule has 63 heteroatoms. The Kier molecular flexibility index (Phi) is 31.1. The summed E-state index contributed by atoms with van der Waals surface area (Å²) >= 11 is 0. The third-order valence-corrected chi connectivity index (χ3v) is 21.2. The third-order valence-electron chi connectivity index (χ3n) is 21.2. The predicted octanol–water partition coefficient (Wildman–Crippen LogP) is -9.92. The molecule has 13 heterocycles. The molecule has 0 aliphatic rings. The van der Waals surface area contributed by atoms with Crippen LogP contribution in [-0.2, 0) is 60.1 Å². The van der Waals surface area contributed by atoms with Crippen molar-refractivity contribution >= 4 is 161 Å². The fourth-order valence-corrected chi connectivity index (χ4v) is 14.6. The molecule has 0 spiro atoms. The van der Waals surface area contributed by atoms with E-state index in [9.17, 15) is 87.2 Å². The number of fused-ring (bicyclic) bond motifs is 6. The molecule has 0 bridgehead atoms. The summed E-state index contributed by atoms with van der Waals surface area (Å²) in [6, 6.07) is -3.40. The number of nitrogens with zero attached hydrogens (tertiary/aromatic N) is 23. The van der Waals surface area contributed by atoms with Crippen LogP contribution in [0.15, 0.2) is 75.1 Å². The summed E-state index contributed by atoms with van der Waals surface area (Å²) in [6.07, 6.45) is 4.48. The minimum atomic E-state index is -1.20. The Hall–Kier alpha value is -17.5. The average molecular weight is 1880 g/mol. The van der Waals surface area contributed by atoms with Gasteiger partial charge in [0.1, 0.15) is 85.4 Å². The topological polar surface area (TPSA) is 953 Å². The molecular formula is C72H97N45O18. The van der Waals surface area contributed by atoms with Gasteiger partial charge in [-0.15, -0.1) is 0 Å². The van der Waals surface area contributed by atoms with E-state index < -0.39 is 104 Å². The van der Waals surface area contributed by atoms with Crippen molar-refractivity contribution in [2.45, 2.75) is 95.9 Å². The molecule has 3 atom stereocenters. The molecule has 718 valence electrons. The number of H-pyrrole nitrogens is 7. The Morgan fingerprint density at radius 1 is 0.363 bits per heavy atom. The van der Waals surface area contributed by atoms with Crippen LogP contribution < -0.4 is 151 Å². The number of hydrogen-bond donors (Lipinski definition) is 25. The number of nitrogens with two attached hydrogens (primary N) is 9. The van der Waals surface area contributed by atoms with E-state index in [1.807, 2.05) is 0 Å². The highest BCUT2D eigenvalue weighted by atomic mass is 16.4. The smallest absolute Gasteiger partial charge is 0.351 e. The molecule has 135 heavy (non-hydrogen) atoms. The number of hydrogen-bond acceptors (Lipinski definition) is 45. The first-order valence-electron chi connectivity index (χ1n) is 40.9. The number of guanidine groups is 1. The molecule has 34 N–H and O–H groups in total. The van der Waals surface area contributed by atoms with Gasteiger partial charge in [0.05, 0.1) is 6.33 Å². The number of aliphatic imine (C=N–C) groups is 1. The Morgan fingerprint density at radius 2 is 0.593 bits per heavy atom. The zero-order valence-electron chi connectivity index (χ0n) is 73.0. The number of aromatic nitrogens is 26. The highest BCUT2D eigenvalue weighted by molar-refractivity contribution is 5.89. The number of carboxylic acids is 3. The van der Waals surface area contributed by atoms with E-state index in [1.165, 1.54) is 64.6 Å². The Labute approximate surface area is 751 Å². The molecule has 0 saturated heterocycles. The zero-order chi connectivity index (χ0) is 98.2. The number of anilines is 12. The molecule has 0 radical (unpaired) electrons. The summed E-state index contributed by atoms with van der Waals surface area (Å²) in [5, 5.41) is 46.2. The second-order valence-electron chi connectivity index (χ2n) is 29.5. The van der Waals surface area contributed by atoms with Gasteiger partial charge in [-0.2, -0.15) is 59.8 Å². The van der Waals surface area contributed by atoms with Gasteiger partial charge < -0.3 is 104 Å². The van der Waals surface area contributed by atoms with Crippen molar-refractivity contribution in [3.63, 3.8) is 0 Å². The highest BCUT2D eigenvalue weighted by Gasteiger charge is 2.33. The van der Waals surface area contributed by atoms with E-state index in [4.69, 9.17) is 51.6 Å². The number of aromatic amines is 7. The average Bonchev–Trinajstić information content (AvgIpc) is 0.921. The zero-order valence-corrected chi connectivity index (χ0v) is 73.0. The van der Waals surface area contributed by atoms with E-state index in [1.54, 1.807) is 4.90 Å². The van der Waals surface area contributed by atoms with Crippen molar-refractivity contribution in [2.75, 3.05) is 161 Å². The maximum absolute atomic E-state index is 13.0. The predicted molar refractivity (Wildman–Crippen MR) is 494 cm³/mol. The number of imidazole rings is 1. The SMILES string of the molecule is CNc1nc2c(c(N)nc(=O)n2CCN(CCn2c(=O)nc(N)c3c(=O)[nH]c(NC)nc32)C(CCCN=C(N)N)C(=O)O)c(=O)[nH]1.CNc1nc2c(c(N)nc(=O)n2CCN(CCn2c(=O)nc(N)c3c(=O)[nH]c(NC)nc32)[C@@H](CCCCN)C(=O)O)c(=O)[nH]1.CNc1nc2c(c(N)nc(=O)n2CCN(CCn2c(=O)nc(N)c3c(=O)[nH]c(NC)nc32)[C@@H](Cc2cnc[nH]2)C(=O)O)c(=O)[nH]1. The molecule has 0 aliphatic heterocycles. The van der Waals surface area contributed by atoms with E-state index in [0.29, 0.717) is 25.1 Å². The van der Waals surface area contributed by atoms with Gasteiger partial charge in [-0.25, -0.2) is 33.8 Å². The summed E-state index contributed by atoms with van der Waals surface area (Å²) in [6.45, 7) is -0.971. The molecule has 13 aromatic rings. The first kappa shape index (κ1) is 98.1. The number of carbonyl (C=O) groups is 3. The van der Waals surface area contributed by atoms with Crippen LogP contribution in [0.4, 0.5) is 70.6 Å². The lowest BCUT2D eigenvalue weighted by Crippen LogP contribution is -2.47. The van der Waals surface area contributed by atoms with Gasteiger partial charge in [-0.1, -0.05) is 6.42 Å². The molecule has 13 rings (SSSR count). The molecule has 0 amide bonds. The number of aliphatic carboxylic acids is 3. The van der Waals surface area contributed by atoms with Crippen molar-refractivity contribution in [2.24, 2.45) is 22.2 Å². The highest BCUT2D eigenvalue weighted by Crippen LogP contribution is 2.22. The molecule has 0 aliphatic carbocycles. The van der Waals surface area contributed by atoms with Crippen LogP contribution in [0.2, 0.25) is 0 Å². The number of carboxylic acid groups (broad SMARTS) is 3.